The Bertz CT molecular complexity index is 514. The summed E-state index contributed by atoms with van der Waals surface area (Å²) in [5.41, 5.74) is 2.17. The number of nitrogens with zero attached hydrogens (tertiary/aromatic N) is 1. The topological polar surface area (TPSA) is 31.1 Å². The molecule has 0 unspecified atom stereocenters. The molecule has 0 aliphatic carbocycles. The zero-order valence-corrected chi connectivity index (χ0v) is 9.67. The van der Waals surface area contributed by atoms with Crippen molar-refractivity contribution in [3.8, 4) is 0 Å². The maximum atomic E-state index is 13.1. The van der Waals surface area contributed by atoms with E-state index in [4.69, 9.17) is 0 Å². The largest absolute Gasteiger partial charge is 0.357 e. The summed E-state index contributed by atoms with van der Waals surface area (Å²) in [6.07, 6.45) is 0. The van der Waals surface area contributed by atoms with E-state index in [1.54, 1.807) is 12.1 Å². The summed E-state index contributed by atoms with van der Waals surface area (Å²) in [7, 11) is 0. The molecule has 1 aliphatic rings. The van der Waals surface area contributed by atoms with Crippen molar-refractivity contribution in [1.82, 2.24) is 15.2 Å². The van der Waals surface area contributed by atoms with Crippen LogP contribution in [0.5, 0.6) is 0 Å². The van der Waals surface area contributed by atoms with Gasteiger partial charge in [-0.05, 0) is 24.3 Å². The lowest BCUT2D eigenvalue weighted by atomic mass is 10.2. The molecule has 3 rings (SSSR count). The Morgan fingerprint density at radius 3 is 2.82 bits per heavy atom. The first-order valence-electron chi connectivity index (χ1n) is 6.01. The summed E-state index contributed by atoms with van der Waals surface area (Å²) in [5, 5.41) is 4.29. The van der Waals surface area contributed by atoms with E-state index >= 15 is 0 Å². The second-order valence-electron chi connectivity index (χ2n) is 4.55. The third-order valence-corrected chi connectivity index (χ3v) is 3.24. The van der Waals surface area contributed by atoms with Crippen molar-refractivity contribution < 1.29 is 4.39 Å². The van der Waals surface area contributed by atoms with Gasteiger partial charge in [0.25, 0.3) is 0 Å². The summed E-state index contributed by atoms with van der Waals surface area (Å²) in [6.45, 7) is 5.16. The van der Waals surface area contributed by atoms with E-state index in [9.17, 15) is 4.39 Å². The zero-order valence-electron chi connectivity index (χ0n) is 9.67. The summed E-state index contributed by atoms with van der Waals surface area (Å²) in [6, 6.07) is 6.91. The third-order valence-electron chi connectivity index (χ3n) is 3.24. The number of halogens is 1. The highest BCUT2D eigenvalue weighted by molar-refractivity contribution is 5.80. The Morgan fingerprint density at radius 1 is 1.18 bits per heavy atom. The highest BCUT2D eigenvalue weighted by atomic mass is 19.1. The molecule has 3 nitrogen and oxygen atoms in total. The number of hydrogen-bond acceptors (Lipinski definition) is 2. The van der Waals surface area contributed by atoms with Crippen LogP contribution in [-0.4, -0.2) is 36.1 Å². The number of hydrogen-bond donors (Lipinski definition) is 2. The number of piperazine rings is 1. The molecular weight excluding hydrogens is 217 g/mol. The normalized spacial score (nSPS) is 17.7. The molecule has 1 saturated heterocycles. The predicted octanol–water partition coefficient (Wildman–Crippen LogP) is 1.71. The van der Waals surface area contributed by atoms with Crippen LogP contribution >= 0.6 is 0 Å². The second-order valence-corrected chi connectivity index (χ2v) is 4.55. The van der Waals surface area contributed by atoms with E-state index < -0.39 is 0 Å². The molecule has 0 saturated carbocycles. The van der Waals surface area contributed by atoms with E-state index in [2.05, 4.69) is 15.2 Å². The van der Waals surface area contributed by atoms with Crippen LogP contribution in [0, 0.1) is 5.82 Å². The monoisotopic (exact) mass is 233 g/mol. The van der Waals surface area contributed by atoms with Crippen LogP contribution in [-0.2, 0) is 6.54 Å². The minimum Gasteiger partial charge on any atom is -0.357 e. The van der Waals surface area contributed by atoms with Crippen molar-refractivity contribution in [3.05, 3.63) is 35.8 Å². The van der Waals surface area contributed by atoms with Crippen LogP contribution in [0.3, 0.4) is 0 Å². The number of aromatic amines is 1. The first-order chi connectivity index (χ1) is 8.31. The number of rotatable bonds is 2. The van der Waals surface area contributed by atoms with Gasteiger partial charge < -0.3 is 10.3 Å². The van der Waals surface area contributed by atoms with Gasteiger partial charge in [-0.25, -0.2) is 4.39 Å². The van der Waals surface area contributed by atoms with Crippen molar-refractivity contribution in [2.75, 3.05) is 26.2 Å². The first kappa shape index (κ1) is 10.7. The number of aromatic nitrogens is 1. The lowest BCUT2D eigenvalue weighted by Crippen LogP contribution is -2.42. The van der Waals surface area contributed by atoms with Crippen molar-refractivity contribution in [3.63, 3.8) is 0 Å². The third kappa shape index (κ3) is 2.33. The maximum absolute atomic E-state index is 13.1. The van der Waals surface area contributed by atoms with Gasteiger partial charge in [-0.15, -0.1) is 0 Å². The van der Waals surface area contributed by atoms with Crippen LogP contribution < -0.4 is 5.32 Å². The number of fused-ring (bicyclic) bond motifs is 1. The van der Waals surface area contributed by atoms with Gasteiger partial charge in [0.2, 0.25) is 0 Å². The highest BCUT2D eigenvalue weighted by Crippen LogP contribution is 2.17. The number of benzene rings is 1. The van der Waals surface area contributed by atoms with Gasteiger partial charge in [-0.1, -0.05) is 0 Å². The number of H-pyrrole nitrogens is 1. The van der Waals surface area contributed by atoms with Crippen molar-refractivity contribution in [2.24, 2.45) is 0 Å². The van der Waals surface area contributed by atoms with E-state index in [0.717, 1.165) is 49.3 Å². The molecule has 2 N–H and O–H groups in total. The fraction of sp³-hybridized carbons (Fsp3) is 0.385. The minimum atomic E-state index is -0.176. The molecule has 1 fully saturated rings. The molecule has 0 radical (unpaired) electrons. The second kappa shape index (κ2) is 4.47. The fourth-order valence-electron chi connectivity index (χ4n) is 2.36. The Balaban J connectivity index is 1.80. The van der Waals surface area contributed by atoms with Crippen molar-refractivity contribution >= 4 is 10.9 Å². The van der Waals surface area contributed by atoms with Gasteiger partial charge in [-0.2, -0.15) is 0 Å². The molecule has 1 aromatic carbocycles. The van der Waals surface area contributed by atoms with Crippen LogP contribution in [0.4, 0.5) is 4.39 Å². The molecule has 2 heterocycles. The molecule has 1 aromatic heterocycles. The summed E-state index contributed by atoms with van der Waals surface area (Å²) in [4.78, 5) is 5.74. The molecule has 0 amide bonds. The van der Waals surface area contributed by atoms with Gasteiger partial charge in [0, 0.05) is 49.3 Å². The Labute approximate surface area is 99.6 Å². The van der Waals surface area contributed by atoms with E-state index in [0.29, 0.717) is 0 Å². The van der Waals surface area contributed by atoms with Crippen LogP contribution in [0.2, 0.25) is 0 Å². The minimum absolute atomic E-state index is 0.176. The summed E-state index contributed by atoms with van der Waals surface area (Å²) in [5.74, 6) is -0.176. The van der Waals surface area contributed by atoms with Crippen LogP contribution in [0.1, 0.15) is 5.69 Å². The standard InChI is InChI=1S/C13H16FN3/c14-11-1-2-13-10(7-11)8-12(16-13)9-17-5-3-15-4-6-17/h1-2,7-8,15-16H,3-6,9H2. The molecule has 2 aromatic rings. The SMILES string of the molecule is Fc1ccc2[nH]c(CN3CCNCC3)cc2c1. The first-order valence-corrected chi connectivity index (χ1v) is 6.01. The molecule has 0 spiro atoms. The molecule has 17 heavy (non-hydrogen) atoms. The van der Waals surface area contributed by atoms with Gasteiger partial charge >= 0.3 is 0 Å². The van der Waals surface area contributed by atoms with Gasteiger partial charge in [0.1, 0.15) is 5.82 Å². The lowest BCUT2D eigenvalue weighted by molar-refractivity contribution is 0.231. The fourth-order valence-corrected chi connectivity index (χ4v) is 2.36. The van der Waals surface area contributed by atoms with Gasteiger partial charge in [-0.3, -0.25) is 4.90 Å². The van der Waals surface area contributed by atoms with Crippen molar-refractivity contribution in [2.45, 2.75) is 6.54 Å². The summed E-state index contributed by atoms with van der Waals surface area (Å²) < 4.78 is 13.1. The van der Waals surface area contributed by atoms with Crippen LogP contribution in [0.15, 0.2) is 24.3 Å². The quantitative estimate of drug-likeness (QED) is 0.827. The summed E-state index contributed by atoms with van der Waals surface area (Å²) >= 11 is 0. The smallest absolute Gasteiger partial charge is 0.123 e. The van der Waals surface area contributed by atoms with Crippen molar-refractivity contribution in [1.29, 1.82) is 0 Å². The molecule has 0 atom stereocenters. The average Bonchev–Trinajstić information content (AvgIpc) is 2.71. The van der Waals surface area contributed by atoms with E-state index in [-0.39, 0.29) is 5.82 Å². The van der Waals surface area contributed by atoms with E-state index in [1.807, 2.05) is 6.07 Å². The molecule has 1 aliphatic heterocycles. The molecule has 0 bridgehead atoms. The Kier molecular flexibility index (Phi) is 2.82. The maximum Gasteiger partial charge on any atom is 0.123 e. The predicted molar refractivity (Wildman–Crippen MR) is 66.4 cm³/mol. The van der Waals surface area contributed by atoms with Gasteiger partial charge in [0.05, 0.1) is 0 Å². The van der Waals surface area contributed by atoms with Gasteiger partial charge in [0.15, 0.2) is 0 Å². The number of nitrogens with one attached hydrogen (secondary N) is 2. The van der Waals surface area contributed by atoms with Crippen LogP contribution in [0.25, 0.3) is 10.9 Å². The van der Waals surface area contributed by atoms with E-state index in [1.165, 1.54) is 6.07 Å². The molecule has 90 valence electrons. The Morgan fingerprint density at radius 2 is 2.00 bits per heavy atom. The zero-order chi connectivity index (χ0) is 11.7. The highest BCUT2D eigenvalue weighted by Gasteiger charge is 2.11. The average molecular weight is 233 g/mol. The molecular formula is C13H16FN3. The Hall–Kier alpha value is -1.39. The molecule has 4 heteroatoms. The lowest BCUT2D eigenvalue weighted by Gasteiger charge is -2.26.